The maximum absolute atomic E-state index is 14.2. The Kier molecular flexibility index (Phi) is 3.75. The number of nitrogens with zero attached hydrogens (tertiary/aromatic N) is 1. The highest BCUT2D eigenvalue weighted by Crippen LogP contribution is 2.43. The van der Waals surface area contributed by atoms with E-state index in [1.807, 2.05) is 0 Å². The van der Waals surface area contributed by atoms with Gasteiger partial charge in [0, 0.05) is 11.8 Å². The fourth-order valence-electron chi connectivity index (χ4n) is 2.66. The van der Waals surface area contributed by atoms with Crippen LogP contribution in [0.25, 0.3) is 0 Å². The third-order valence-corrected chi connectivity index (χ3v) is 4.72. The molecule has 0 saturated heterocycles. The maximum atomic E-state index is 14.2. The van der Waals surface area contributed by atoms with Crippen molar-refractivity contribution in [2.45, 2.75) is 36.1 Å². The molecule has 0 amide bonds. The first-order chi connectivity index (χ1) is 9.30. The monoisotopic (exact) mass is 301 g/mol. The summed E-state index contributed by atoms with van der Waals surface area (Å²) >= 11 is 0. The lowest BCUT2D eigenvalue weighted by molar-refractivity contribution is 0.423. The molecular formula is C13H13F2NO3S. The third-order valence-electron chi connectivity index (χ3n) is 3.61. The standard InChI is InChI=1S/C13H13F2NO3S/c1-20(18,19)12-7-10(14)9(6-11(12)15)13(16-8-17)4-2-3-5-13/h6-7H,2-5H2,1H3. The van der Waals surface area contributed by atoms with Crippen molar-refractivity contribution in [3.8, 4) is 0 Å². The Bertz CT molecular complexity index is 688. The molecule has 0 heterocycles. The van der Waals surface area contributed by atoms with Crippen LogP contribution in [0, 0.1) is 11.6 Å². The smallest absolute Gasteiger partial charge is 0.224 e. The molecule has 1 aliphatic carbocycles. The van der Waals surface area contributed by atoms with Crippen molar-refractivity contribution < 1.29 is 22.0 Å². The van der Waals surface area contributed by atoms with Crippen molar-refractivity contribution in [1.29, 1.82) is 0 Å². The van der Waals surface area contributed by atoms with Crippen molar-refractivity contribution in [3.63, 3.8) is 0 Å². The largest absolute Gasteiger partial charge is 0.235 e. The normalized spacial score (nSPS) is 17.8. The molecule has 0 radical (unpaired) electrons. The van der Waals surface area contributed by atoms with Gasteiger partial charge in [0.1, 0.15) is 22.1 Å². The molecular weight excluding hydrogens is 288 g/mol. The number of halogens is 2. The maximum Gasteiger partial charge on any atom is 0.235 e. The van der Waals surface area contributed by atoms with E-state index in [0.717, 1.165) is 25.2 Å². The van der Waals surface area contributed by atoms with E-state index < -0.39 is 31.9 Å². The van der Waals surface area contributed by atoms with Gasteiger partial charge in [0.2, 0.25) is 6.08 Å². The lowest BCUT2D eigenvalue weighted by Crippen LogP contribution is -2.21. The minimum atomic E-state index is -3.85. The molecule has 1 aliphatic rings. The molecule has 0 N–H and O–H groups in total. The fraction of sp³-hybridized carbons (Fsp3) is 0.462. The topological polar surface area (TPSA) is 63.6 Å². The Morgan fingerprint density at radius 1 is 1.20 bits per heavy atom. The van der Waals surface area contributed by atoms with E-state index in [4.69, 9.17) is 0 Å². The number of carbonyl (C=O) groups excluding carboxylic acids is 1. The summed E-state index contributed by atoms with van der Waals surface area (Å²) in [6.45, 7) is 0. The van der Waals surface area contributed by atoms with Crippen molar-refractivity contribution in [2.24, 2.45) is 4.99 Å². The number of aliphatic imine (C=N–C) groups is 1. The molecule has 108 valence electrons. The zero-order valence-electron chi connectivity index (χ0n) is 10.8. The van der Waals surface area contributed by atoms with Gasteiger partial charge in [-0.2, -0.15) is 4.99 Å². The molecule has 0 unspecified atom stereocenters. The van der Waals surface area contributed by atoms with Crippen LogP contribution in [0.15, 0.2) is 22.0 Å². The summed E-state index contributed by atoms with van der Waals surface area (Å²) in [6, 6.07) is 1.48. The van der Waals surface area contributed by atoms with E-state index in [-0.39, 0.29) is 5.56 Å². The third kappa shape index (κ3) is 2.51. The Labute approximate surface area is 115 Å². The van der Waals surface area contributed by atoms with Crippen molar-refractivity contribution >= 4 is 15.9 Å². The summed E-state index contributed by atoms with van der Waals surface area (Å²) in [7, 11) is -3.85. The second kappa shape index (κ2) is 5.07. The van der Waals surface area contributed by atoms with Crippen molar-refractivity contribution in [2.75, 3.05) is 6.26 Å². The van der Waals surface area contributed by atoms with Gasteiger partial charge >= 0.3 is 0 Å². The lowest BCUT2D eigenvalue weighted by atomic mass is 9.88. The summed E-state index contributed by atoms with van der Waals surface area (Å²) in [5.74, 6) is -1.90. The Morgan fingerprint density at radius 3 is 2.30 bits per heavy atom. The summed E-state index contributed by atoms with van der Waals surface area (Å²) in [6.07, 6.45) is 4.51. The molecule has 1 aromatic carbocycles. The molecule has 1 aromatic rings. The van der Waals surface area contributed by atoms with E-state index in [1.165, 1.54) is 6.08 Å². The van der Waals surface area contributed by atoms with Crippen LogP contribution in [-0.2, 0) is 20.2 Å². The Balaban J connectivity index is 2.65. The lowest BCUT2D eigenvalue weighted by Gasteiger charge is -2.23. The quantitative estimate of drug-likeness (QED) is 0.636. The Morgan fingerprint density at radius 2 is 1.80 bits per heavy atom. The zero-order valence-corrected chi connectivity index (χ0v) is 11.6. The van der Waals surface area contributed by atoms with Gasteiger partial charge < -0.3 is 0 Å². The molecule has 0 aromatic heterocycles. The molecule has 0 aliphatic heterocycles. The number of hydrogen-bond donors (Lipinski definition) is 0. The van der Waals surface area contributed by atoms with Crippen LogP contribution in [0.5, 0.6) is 0 Å². The van der Waals surface area contributed by atoms with Gasteiger partial charge in [-0.3, -0.25) is 0 Å². The molecule has 0 bridgehead atoms. The Hall–Kier alpha value is -1.59. The van der Waals surface area contributed by atoms with Gasteiger partial charge in [-0.05, 0) is 25.0 Å². The van der Waals surface area contributed by atoms with Crippen LogP contribution in [0.3, 0.4) is 0 Å². The minimum Gasteiger partial charge on any atom is -0.224 e. The fourth-order valence-corrected chi connectivity index (χ4v) is 3.39. The zero-order chi connectivity index (χ0) is 15.0. The highest BCUT2D eigenvalue weighted by atomic mass is 32.2. The van der Waals surface area contributed by atoms with Crippen LogP contribution in [0.2, 0.25) is 0 Å². The van der Waals surface area contributed by atoms with Crippen molar-refractivity contribution in [1.82, 2.24) is 0 Å². The highest BCUT2D eigenvalue weighted by Gasteiger charge is 2.39. The van der Waals surface area contributed by atoms with Crippen molar-refractivity contribution in [3.05, 3.63) is 29.3 Å². The van der Waals surface area contributed by atoms with Gasteiger partial charge in [-0.15, -0.1) is 0 Å². The van der Waals surface area contributed by atoms with Gasteiger partial charge in [0.05, 0.1) is 0 Å². The van der Waals surface area contributed by atoms with E-state index in [0.29, 0.717) is 18.9 Å². The molecule has 2 rings (SSSR count). The number of benzene rings is 1. The SMILES string of the molecule is CS(=O)(=O)c1cc(F)c(C2(N=C=O)CCCC2)cc1F. The van der Waals surface area contributed by atoms with E-state index >= 15 is 0 Å². The van der Waals surface area contributed by atoms with Crippen LogP contribution < -0.4 is 0 Å². The summed E-state index contributed by atoms with van der Waals surface area (Å²) < 4.78 is 50.8. The molecule has 1 fully saturated rings. The average molecular weight is 301 g/mol. The number of hydrogen-bond acceptors (Lipinski definition) is 4. The minimum absolute atomic E-state index is 0.0803. The van der Waals surface area contributed by atoms with Gasteiger partial charge in [-0.25, -0.2) is 22.0 Å². The molecule has 0 atom stereocenters. The summed E-state index contributed by atoms with van der Waals surface area (Å²) in [5, 5.41) is 0. The molecule has 1 saturated carbocycles. The van der Waals surface area contributed by atoms with Crippen LogP contribution in [0.1, 0.15) is 31.2 Å². The highest BCUT2D eigenvalue weighted by molar-refractivity contribution is 7.90. The van der Waals surface area contributed by atoms with Gasteiger partial charge in [0.15, 0.2) is 9.84 Å². The van der Waals surface area contributed by atoms with Gasteiger partial charge in [-0.1, -0.05) is 12.8 Å². The number of sulfone groups is 1. The molecule has 4 nitrogen and oxygen atoms in total. The van der Waals surface area contributed by atoms with Crippen LogP contribution >= 0.6 is 0 Å². The average Bonchev–Trinajstić information content (AvgIpc) is 2.80. The predicted molar refractivity (Wildman–Crippen MR) is 67.7 cm³/mol. The summed E-state index contributed by atoms with van der Waals surface area (Å²) in [4.78, 5) is 13.5. The number of rotatable bonds is 3. The van der Waals surface area contributed by atoms with E-state index in [1.54, 1.807) is 0 Å². The first-order valence-electron chi connectivity index (χ1n) is 6.09. The van der Waals surface area contributed by atoms with E-state index in [2.05, 4.69) is 4.99 Å². The summed E-state index contributed by atoms with van der Waals surface area (Å²) in [5.41, 5.74) is -1.20. The first kappa shape index (κ1) is 14.8. The molecule has 7 heteroatoms. The molecule has 0 spiro atoms. The van der Waals surface area contributed by atoms with E-state index in [9.17, 15) is 22.0 Å². The predicted octanol–water partition coefficient (Wildman–Crippen LogP) is 2.47. The van der Waals surface area contributed by atoms with Gasteiger partial charge in [0.25, 0.3) is 0 Å². The molecule has 20 heavy (non-hydrogen) atoms. The second-order valence-electron chi connectivity index (χ2n) is 4.98. The van der Waals surface area contributed by atoms with Crippen LogP contribution in [0.4, 0.5) is 8.78 Å². The number of isocyanates is 1. The van der Waals surface area contributed by atoms with Crippen LogP contribution in [-0.4, -0.2) is 20.8 Å². The first-order valence-corrected chi connectivity index (χ1v) is 7.98. The second-order valence-corrected chi connectivity index (χ2v) is 6.96.